The highest BCUT2D eigenvalue weighted by molar-refractivity contribution is 5.95. The molecule has 3 rings (SSSR count). The van der Waals surface area contributed by atoms with Crippen molar-refractivity contribution < 1.29 is 14.6 Å². The predicted molar refractivity (Wildman–Crippen MR) is 80.6 cm³/mol. The third-order valence-corrected chi connectivity index (χ3v) is 3.78. The first-order chi connectivity index (χ1) is 10.1. The lowest BCUT2D eigenvalue weighted by Crippen LogP contribution is -2.38. The molecule has 0 bridgehead atoms. The zero-order chi connectivity index (χ0) is 14.8. The number of carbonyl (C=O) groups excluding carboxylic acids is 1. The number of aromatic hydroxyl groups is 1. The van der Waals surface area contributed by atoms with Gasteiger partial charge in [-0.15, -0.1) is 0 Å². The molecule has 1 unspecified atom stereocenters. The van der Waals surface area contributed by atoms with E-state index in [4.69, 9.17) is 4.74 Å². The summed E-state index contributed by atoms with van der Waals surface area (Å²) >= 11 is 0. The number of hydrogen-bond acceptors (Lipinski definition) is 3. The van der Waals surface area contributed by atoms with Crippen LogP contribution in [-0.4, -0.2) is 24.7 Å². The van der Waals surface area contributed by atoms with Crippen LogP contribution >= 0.6 is 0 Å². The molecule has 0 radical (unpaired) electrons. The van der Waals surface area contributed by atoms with E-state index in [-0.39, 0.29) is 17.6 Å². The van der Waals surface area contributed by atoms with Gasteiger partial charge in [-0.05, 0) is 30.2 Å². The number of fused-ring (bicyclic) bond motifs is 1. The molecule has 0 fully saturated rings. The molecule has 0 spiro atoms. The van der Waals surface area contributed by atoms with Crippen LogP contribution in [0.5, 0.6) is 11.5 Å². The Balaban J connectivity index is 1.77. The maximum absolute atomic E-state index is 12.6. The van der Waals surface area contributed by atoms with E-state index in [1.807, 2.05) is 24.3 Å². The summed E-state index contributed by atoms with van der Waals surface area (Å²) in [4.78, 5) is 14.2. The fourth-order valence-electron chi connectivity index (χ4n) is 2.59. The number of rotatable bonds is 2. The molecular formula is C17H17NO3. The van der Waals surface area contributed by atoms with E-state index >= 15 is 0 Å². The first kappa shape index (κ1) is 13.5. The first-order valence-electron chi connectivity index (χ1n) is 6.92. The van der Waals surface area contributed by atoms with Gasteiger partial charge in [0.15, 0.2) is 0 Å². The van der Waals surface area contributed by atoms with Crippen molar-refractivity contribution in [3.05, 3.63) is 54.1 Å². The lowest BCUT2D eigenvalue weighted by atomic mass is 9.95. The van der Waals surface area contributed by atoms with E-state index in [1.165, 1.54) is 0 Å². The van der Waals surface area contributed by atoms with E-state index in [0.717, 1.165) is 11.3 Å². The highest BCUT2D eigenvalue weighted by Gasteiger charge is 2.28. The Morgan fingerprint density at radius 3 is 2.86 bits per heavy atom. The minimum absolute atomic E-state index is 0.00453. The van der Waals surface area contributed by atoms with Gasteiger partial charge in [0.2, 0.25) is 5.91 Å². The largest absolute Gasteiger partial charge is 0.508 e. The van der Waals surface area contributed by atoms with Crippen molar-refractivity contribution in [2.45, 2.75) is 6.42 Å². The molecule has 2 aromatic rings. The van der Waals surface area contributed by atoms with Gasteiger partial charge in [-0.3, -0.25) is 4.79 Å². The maximum atomic E-state index is 12.6. The van der Waals surface area contributed by atoms with E-state index in [2.05, 4.69) is 0 Å². The Bertz CT molecular complexity index is 669. The molecule has 108 valence electrons. The summed E-state index contributed by atoms with van der Waals surface area (Å²) in [5, 5.41) is 9.52. The Hall–Kier alpha value is -2.49. The molecule has 4 nitrogen and oxygen atoms in total. The molecule has 1 heterocycles. The van der Waals surface area contributed by atoms with Gasteiger partial charge in [0.1, 0.15) is 18.1 Å². The number of nitrogens with zero attached hydrogens (tertiary/aromatic N) is 1. The second-order valence-corrected chi connectivity index (χ2v) is 5.24. The number of para-hydroxylation sites is 1. The van der Waals surface area contributed by atoms with Crippen LogP contribution in [0.4, 0.5) is 5.69 Å². The molecule has 1 atom stereocenters. The summed E-state index contributed by atoms with van der Waals surface area (Å²) in [5.74, 6) is 0.807. The summed E-state index contributed by atoms with van der Waals surface area (Å²) in [6.07, 6.45) is 0.679. The van der Waals surface area contributed by atoms with E-state index in [9.17, 15) is 9.90 Å². The molecule has 0 saturated carbocycles. The third-order valence-electron chi connectivity index (χ3n) is 3.78. The molecule has 1 aliphatic heterocycles. The van der Waals surface area contributed by atoms with Gasteiger partial charge >= 0.3 is 0 Å². The average Bonchev–Trinajstić information content (AvgIpc) is 2.53. The number of phenols is 1. The van der Waals surface area contributed by atoms with E-state index in [0.29, 0.717) is 18.7 Å². The standard InChI is InChI=1S/C17H17NO3/c1-18(14-6-4-7-15(19)10-14)17(20)13-9-12-5-2-3-8-16(12)21-11-13/h2-8,10,13,19H,9,11H2,1H3. The van der Waals surface area contributed by atoms with Crippen molar-refractivity contribution in [1.82, 2.24) is 0 Å². The topological polar surface area (TPSA) is 49.8 Å². The number of hydrogen-bond donors (Lipinski definition) is 1. The van der Waals surface area contributed by atoms with Crippen LogP contribution < -0.4 is 9.64 Å². The fraction of sp³-hybridized carbons (Fsp3) is 0.235. The van der Waals surface area contributed by atoms with Crippen molar-refractivity contribution >= 4 is 11.6 Å². The first-order valence-corrected chi connectivity index (χ1v) is 6.92. The van der Waals surface area contributed by atoms with Crippen molar-refractivity contribution in [1.29, 1.82) is 0 Å². The molecule has 21 heavy (non-hydrogen) atoms. The predicted octanol–water partition coefficient (Wildman–Crippen LogP) is 2.61. The molecule has 1 amide bonds. The number of ether oxygens (including phenoxy) is 1. The van der Waals surface area contributed by atoms with Gasteiger partial charge in [-0.2, -0.15) is 0 Å². The monoisotopic (exact) mass is 283 g/mol. The minimum Gasteiger partial charge on any atom is -0.508 e. The van der Waals surface area contributed by atoms with Gasteiger partial charge in [0, 0.05) is 18.8 Å². The van der Waals surface area contributed by atoms with Crippen LogP contribution in [0, 0.1) is 5.92 Å². The van der Waals surface area contributed by atoms with Crippen LogP contribution in [0.1, 0.15) is 5.56 Å². The molecule has 1 N–H and O–H groups in total. The van der Waals surface area contributed by atoms with Gasteiger partial charge in [-0.25, -0.2) is 0 Å². The second kappa shape index (κ2) is 5.48. The molecule has 2 aromatic carbocycles. The van der Waals surface area contributed by atoms with Crippen molar-refractivity contribution in [2.24, 2.45) is 5.92 Å². The lowest BCUT2D eigenvalue weighted by Gasteiger charge is -2.28. The van der Waals surface area contributed by atoms with Crippen molar-refractivity contribution in [3.8, 4) is 11.5 Å². The van der Waals surface area contributed by atoms with Crippen LogP contribution in [0.15, 0.2) is 48.5 Å². The molecule has 0 saturated heterocycles. The number of carbonyl (C=O) groups is 1. The van der Waals surface area contributed by atoms with Crippen LogP contribution in [0.25, 0.3) is 0 Å². The lowest BCUT2D eigenvalue weighted by molar-refractivity contribution is -0.123. The highest BCUT2D eigenvalue weighted by atomic mass is 16.5. The van der Waals surface area contributed by atoms with Crippen LogP contribution in [0.2, 0.25) is 0 Å². The number of phenolic OH excluding ortho intramolecular Hbond substituents is 1. The van der Waals surface area contributed by atoms with Crippen LogP contribution in [0.3, 0.4) is 0 Å². The molecule has 0 aromatic heterocycles. The summed E-state index contributed by atoms with van der Waals surface area (Å²) in [7, 11) is 1.72. The highest BCUT2D eigenvalue weighted by Crippen LogP contribution is 2.29. The number of benzene rings is 2. The smallest absolute Gasteiger partial charge is 0.233 e. The van der Waals surface area contributed by atoms with E-state index in [1.54, 1.807) is 36.2 Å². The molecule has 1 aliphatic rings. The van der Waals surface area contributed by atoms with Crippen molar-refractivity contribution in [3.63, 3.8) is 0 Å². The normalized spacial score (nSPS) is 16.7. The van der Waals surface area contributed by atoms with Crippen LogP contribution in [-0.2, 0) is 11.2 Å². The Morgan fingerprint density at radius 2 is 2.05 bits per heavy atom. The molecular weight excluding hydrogens is 266 g/mol. The van der Waals surface area contributed by atoms with Gasteiger partial charge in [0.05, 0.1) is 5.92 Å². The van der Waals surface area contributed by atoms with Gasteiger partial charge in [-0.1, -0.05) is 24.3 Å². The summed E-state index contributed by atoms with van der Waals surface area (Å²) in [6.45, 7) is 0.388. The maximum Gasteiger partial charge on any atom is 0.233 e. The van der Waals surface area contributed by atoms with Gasteiger partial charge < -0.3 is 14.7 Å². The third kappa shape index (κ3) is 2.70. The second-order valence-electron chi connectivity index (χ2n) is 5.24. The van der Waals surface area contributed by atoms with E-state index < -0.39 is 0 Å². The van der Waals surface area contributed by atoms with Gasteiger partial charge in [0.25, 0.3) is 0 Å². The SMILES string of the molecule is CN(C(=O)C1COc2ccccc2C1)c1cccc(O)c1. The fourth-order valence-corrected chi connectivity index (χ4v) is 2.59. The Kier molecular flexibility index (Phi) is 3.52. The Labute approximate surface area is 123 Å². The molecule has 4 heteroatoms. The number of anilines is 1. The number of amides is 1. The molecule has 0 aliphatic carbocycles. The Morgan fingerprint density at radius 1 is 1.24 bits per heavy atom. The summed E-state index contributed by atoms with van der Waals surface area (Å²) < 4.78 is 5.67. The zero-order valence-electron chi connectivity index (χ0n) is 11.8. The van der Waals surface area contributed by atoms with Crippen molar-refractivity contribution in [2.75, 3.05) is 18.6 Å². The average molecular weight is 283 g/mol. The summed E-state index contributed by atoms with van der Waals surface area (Å²) in [6, 6.07) is 14.5. The summed E-state index contributed by atoms with van der Waals surface area (Å²) in [5.41, 5.74) is 1.74. The minimum atomic E-state index is -0.202. The zero-order valence-corrected chi connectivity index (χ0v) is 11.8. The quantitative estimate of drug-likeness (QED) is 0.921.